The summed E-state index contributed by atoms with van der Waals surface area (Å²) in [6.45, 7) is 5.97. The lowest BCUT2D eigenvalue weighted by atomic mass is 9.98. The number of ether oxygens (including phenoxy) is 1. The molecule has 0 spiro atoms. The number of Topliss-reactive ketones (excluding diaryl/α,β-unsaturated/α-hetero) is 1. The molecule has 0 heterocycles. The maximum absolute atomic E-state index is 13.4. The van der Waals surface area contributed by atoms with E-state index in [0.717, 1.165) is 16.7 Å². The van der Waals surface area contributed by atoms with Crippen molar-refractivity contribution in [3.05, 3.63) is 70.0 Å². The van der Waals surface area contributed by atoms with Gasteiger partial charge in [0.05, 0.1) is 6.61 Å². The molecule has 0 N–H and O–H groups in total. The van der Waals surface area contributed by atoms with Crippen LogP contribution in [0.4, 0.5) is 4.39 Å². The number of hydrogen-bond acceptors (Lipinski definition) is 2. The molecule has 0 radical (unpaired) electrons. The second-order valence-electron chi connectivity index (χ2n) is 5.26. The Balaban J connectivity index is 2.00. The Morgan fingerprint density at radius 2 is 1.71 bits per heavy atom. The van der Waals surface area contributed by atoms with Crippen LogP contribution in [0.15, 0.2) is 36.4 Å². The molecule has 2 nitrogen and oxygen atoms in total. The van der Waals surface area contributed by atoms with Gasteiger partial charge in [-0.15, -0.1) is 0 Å². The Kier molecular flexibility index (Phi) is 4.86. The van der Waals surface area contributed by atoms with Crippen molar-refractivity contribution in [3.8, 4) is 0 Å². The van der Waals surface area contributed by atoms with E-state index >= 15 is 0 Å². The molecule has 0 saturated carbocycles. The van der Waals surface area contributed by atoms with Crippen molar-refractivity contribution in [1.82, 2.24) is 0 Å². The summed E-state index contributed by atoms with van der Waals surface area (Å²) < 4.78 is 18.8. The molecule has 2 aromatic carbocycles. The topological polar surface area (TPSA) is 26.3 Å². The summed E-state index contributed by atoms with van der Waals surface area (Å²) in [6.07, 6.45) is 0. The van der Waals surface area contributed by atoms with E-state index in [1.807, 2.05) is 32.9 Å². The minimum Gasteiger partial charge on any atom is -0.369 e. The normalized spacial score (nSPS) is 10.7. The van der Waals surface area contributed by atoms with Gasteiger partial charge in [0.2, 0.25) is 0 Å². The quantitative estimate of drug-likeness (QED) is 0.772. The number of rotatable bonds is 5. The summed E-state index contributed by atoms with van der Waals surface area (Å²) in [4.78, 5) is 12.2. The monoisotopic (exact) mass is 286 g/mol. The standard InChI is InChI=1S/C18H19FO2/c1-12-8-14(3)16(9-13(12)2)18(20)11-21-10-15-6-4-5-7-17(15)19/h4-9H,10-11H2,1-3H3. The smallest absolute Gasteiger partial charge is 0.188 e. The molecule has 0 amide bonds. The predicted octanol–water partition coefficient (Wildman–Crippen LogP) is 4.15. The molecule has 21 heavy (non-hydrogen) atoms. The van der Waals surface area contributed by atoms with E-state index in [0.29, 0.717) is 11.1 Å². The lowest BCUT2D eigenvalue weighted by Crippen LogP contribution is -2.11. The van der Waals surface area contributed by atoms with Crippen molar-refractivity contribution < 1.29 is 13.9 Å². The molecule has 0 aliphatic rings. The molecule has 2 aromatic rings. The first-order valence-corrected chi connectivity index (χ1v) is 6.91. The van der Waals surface area contributed by atoms with E-state index in [-0.39, 0.29) is 24.8 Å². The lowest BCUT2D eigenvalue weighted by Gasteiger charge is -2.10. The Bertz CT molecular complexity index is 662. The fourth-order valence-corrected chi connectivity index (χ4v) is 2.21. The van der Waals surface area contributed by atoms with Gasteiger partial charge in [0.1, 0.15) is 12.4 Å². The minimum atomic E-state index is -0.313. The van der Waals surface area contributed by atoms with Crippen LogP contribution in [0.2, 0.25) is 0 Å². The summed E-state index contributed by atoms with van der Waals surface area (Å²) in [5.74, 6) is -0.390. The third-order valence-electron chi connectivity index (χ3n) is 3.59. The van der Waals surface area contributed by atoms with Gasteiger partial charge in [-0.05, 0) is 49.6 Å². The molecule has 0 bridgehead atoms. The molecule has 0 aliphatic heterocycles. The zero-order valence-corrected chi connectivity index (χ0v) is 12.6. The van der Waals surface area contributed by atoms with E-state index in [2.05, 4.69) is 0 Å². The summed E-state index contributed by atoms with van der Waals surface area (Å²) in [5.41, 5.74) is 4.32. The van der Waals surface area contributed by atoms with Gasteiger partial charge >= 0.3 is 0 Å². The van der Waals surface area contributed by atoms with Crippen molar-refractivity contribution >= 4 is 5.78 Å². The summed E-state index contributed by atoms with van der Waals surface area (Å²) >= 11 is 0. The van der Waals surface area contributed by atoms with Gasteiger partial charge in [0, 0.05) is 11.1 Å². The molecule has 0 aliphatic carbocycles. The number of halogens is 1. The highest BCUT2D eigenvalue weighted by Crippen LogP contribution is 2.16. The van der Waals surface area contributed by atoms with Crippen molar-refractivity contribution in [1.29, 1.82) is 0 Å². The van der Waals surface area contributed by atoms with Gasteiger partial charge in [-0.3, -0.25) is 4.79 Å². The fraction of sp³-hybridized carbons (Fsp3) is 0.278. The Hall–Kier alpha value is -2.00. The number of carbonyl (C=O) groups excluding carboxylic acids is 1. The van der Waals surface area contributed by atoms with Crippen LogP contribution in [0.3, 0.4) is 0 Å². The molecule has 0 fully saturated rings. The summed E-state index contributed by atoms with van der Waals surface area (Å²) in [5, 5.41) is 0. The van der Waals surface area contributed by atoms with Gasteiger partial charge in [-0.1, -0.05) is 24.3 Å². The van der Waals surface area contributed by atoms with Crippen molar-refractivity contribution in [3.63, 3.8) is 0 Å². The molecule has 0 saturated heterocycles. The third-order valence-corrected chi connectivity index (χ3v) is 3.59. The van der Waals surface area contributed by atoms with Crippen molar-refractivity contribution in [2.45, 2.75) is 27.4 Å². The SMILES string of the molecule is Cc1cc(C)c(C(=O)COCc2ccccc2F)cc1C. The number of carbonyl (C=O) groups is 1. The van der Waals surface area contributed by atoms with Gasteiger partial charge in [-0.2, -0.15) is 0 Å². The van der Waals surface area contributed by atoms with E-state index < -0.39 is 0 Å². The number of ketones is 1. The zero-order valence-electron chi connectivity index (χ0n) is 12.6. The van der Waals surface area contributed by atoms with Crippen LogP contribution in [0, 0.1) is 26.6 Å². The summed E-state index contributed by atoms with van der Waals surface area (Å²) in [6, 6.07) is 10.3. The average molecular weight is 286 g/mol. The molecule has 0 atom stereocenters. The zero-order chi connectivity index (χ0) is 15.4. The highest BCUT2D eigenvalue weighted by molar-refractivity contribution is 5.98. The third kappa shape index (κ3) is 3.76. The lowest BCUT2D eigenvalue weighted by molar-refractivity contribution is 0.0720. The molecule has 110 valence electrons. The minimum absolute atomic E-state index is 0.0440. The summed E-state index contributed by atoms with van der Waals surface area (Å²) in [7, 11) is 0. The fourth-order valence-electron chi connectivity index (χ4n) is 2.21. The number of hydrogen-bond donors (Lipinski definition) is 0. The Morgan fingerprint density at radius 3 is 2.43 bits per heavy atom. The molecule has 2 rings (SSSR count). The second-order valence-corrected chi connectivity index (χ2v) is 5.26. The van der Waals surface area contributed by atoms with Crippen molar-refractivity contribution in [2.75, 3.05) is 6.61 Å². The van der Waals surface area contributed by atoms with Gasteiger partial charge in [-0.25, -0.2) is 4.39 Å². The van der Waals surface area contributed by atoms with Gasteiger partial charge in [0.15, 0.2) is 5.78 Å². The van der Waals surface area contributed by atoms with E-state index in [9.17, 15) is 9.18 Å². The van der Waals surface area contributed by atoms with Crippen molar-refractivity contribution in [2.24, 2.45) is 0 Å². The first kappa shape index (κ1) is 15.4. The highest BCUT2D eigenvalue weighted by Gasteiger charge is 2.11. The second kappa shape index (κ2) is 6.64. The first-order valence-electron chi connectivity index (χ1n) is 6.91. The van der Waals surface area contributed by atoms with Crippen LogP contribution < -0.4 is 0 Å². The molecule has 0 aromatic heterocycles. The van der Waals surface area contributed by atoms with Gasteiger partial charge in [0.25, 0.3) is 0 Å². The maximum atomic E-state index is 13.4. The Labute approximate surface area is 124 Å². The van der Waals surface area contributed by atoms with Crippen LogP contribution in [0.1, 0.15) is 32.6 Å². The van der Waals surface area contributed by atoms with Gasteiger partial charge < -0.3 is 4.74 Å². The first-order chi connectivity index (χ1) is 9.99. The van der Waals surface area contributed by atoms with E-state index in [1.165, 1.54) is 6.07 Å². The highest BCUT2D eigenvalue weighted by atomic mass is 19.1. The van der Waals surface area contributed by atoms with E-state index in [1.54, 1.807) is 18.2 Å². The largest absolute Gasteiger partial charge is 0.369 e. The number of aryl methyl sites for hydroxylation is 3. The molecule has 0 unspecified atom stereocenters. The van der Waals surface area contributed by atoms with Crippen LogP contribution in [-0.4, -0.2) is 12.4 Å². The number of benzene rings is 2. The van der Waals surface area contributed by atoms with Crippen LogP contribution >= 0.6 is 0 Å². The van der Waals surface area contributed by atoms with Crippen LogP contribution in [0.5, 0.6) is 0 Å². The van der Waals surface area contributed by atoms with E-state index in [4.69, 9.17) is 4.74 Å². The predicted molar refractivity (Wildman–Crippen MR) is 81.0 cm³/mol. The maximum Gasteiger partial charge on any atom is 0.188 e. The molecular formula is C18H19FO2. The van der Waals surface area contributed by atoms with Crippen LogP contribution in [-0.2, 0) is 11.3 Å². The van der Waals surface area contributed by atoms with Crippen LogP contribution in [0.25, 0.3) is 0 Å². The Morgan fingerprint density at radius 1 is 1.05 bits per heavy atom. The molecule has 3 heteroatoms. The molecular weight excluding hydrogens is 267 g/mol. The average Bonchev–Trinajstić information content (AvgIpc) is 2.44.